The van der Waals surface area contributed by atoms with E-state index in [9.17, 15) is 14.9 Å². The molecule has 1 heterocycles. The van der Waals surface area contributed by atoms with Gasteiger partial charge in [-0.15, -0.1) is 0 Å². The van der Waals surface area contributed by atoms with Crippen LogP contribution in [0.5, 0.6) is 5.75 Å². The zero-order chi connectivity index (χ0) is 22.5. The number of rotatable bonds is 6. The number of halogens is 1. The molecule has 1 aliphatic rings. The largest absolute Gasteiger partial charge is 0.482 e. The Hall–Kier alpha value is -3.82. The molecule has 0 atom stereocenters. The van der Waals surface area contributed by atoms with Gasteiger partial charge in [-0.2, -0.15) is 5.26 Å². The first-order chi connectivity index (χ1) is 15.6. The number of hydrogen-bond donors (Lipinski definition) is 0. The highest BCUT2D eigenvalue weighted by Gasteiger charge is 2.27. The Balaban J connectivity index is 1.61. The second kappa shape index (κ2) is 9.54. The summed E-state index contributed by atoms with van der Waals surface area (Å²) >= 11 is 6.19. The van der Waals surface area contributed by atoms with E-state index in [1.807, 2.05) is 42.5 Å². The van der Waals surface area contributed by atoms with E-state index in [1.165, 1.54) is 0 Å². The topological polar surface area (TPSA) is 73.6 Å². The first-order valence-electron chi connectivity index (χ1n) is 10.1. The monoisotopic (exact) mass is 445 g/mol. The first-order valence-corrected chi connectivity index (χ1v) is 10.5. The van der Waals surface area contributed by atoms with Gasteiger partial charge in [0, 0.05) is 18.0 Å². The molecule has 4 rings (SSSR count). The van der Waals surface area contributed by atoms with Crippen LogP contribution in [0, 0.1) is 11.3 Å². The average molecular weight is 446 g/mol. The minimum absolute atomic E-state index is 0.0637. The van der Waals surface area contributed by atoms with Crippen LogP contribution < -0.4 is 14.5 Å². The van der Waals surface area contributed by atoms with Gasteiger partial charge in [-0.05, 0) is 35.9 Å². The summed E-state index contributed by atoms with van der Waals surface area (Å²) in [4.78, 5) is 29.0. The summed E-state index contributed by atoms with van der Waals surface area (Å²) in [5, 5.41) is 10.0. The van der Waals surface area contributed by atoms with Crippen LogP contribution in [0.25, 0.3) is 0 Å². The molecule has 32 heavy (non-hydrogen) atoms. The van der Waals surface area contributed by atoms with Crippen LogP contribution in [0.15, 0.2) is 72.8 Å². The number of benzene rings is 3. The third kappa shape index (κ3) is 4.58. The van der Waals surface area contributed by atoms with Gasteiger partial charge in [0.1, 0.15) is 11.8 Å². The number of anilines is 2. The zero-order valence-electron chi connectivity index (χ0n) is 17.2. The highest BCUT2D eigenvalue weighted by atomic mass is 35.5. The van der Waals surface area contributed by atoms with Crippen LogP contribution in [-0.2, 0) is 16.1 Å². The number of nitriles is 1. The summed E-state index contributed by atoms with van der Waals surface area (Å²) in [6.45, 7) is 0.417. The molecule has 2 amide bonds. The van der Waals surface area contributed by atoms with E-state index in [2.05, 4.69) is 6.07 Å². The molecule has 7 heteroatoms. The fraction of sp³-hybridized carbons (Fsp3) is 0.160. The molecule has 160 valence electrons. The molecule has 6 nitrogen and oxygen atoms in total. The summed E-state index contributed by atoms with van der Waals surface area (Å²) < 4.78 is 5.47. The third-order valence-electron chi connectivity index (χ3n) is 5.21. The van der Waals surface area contributed by atoms with Crippen LogP contribution in [0.4, 0.5) is 11.4 Å². The van der Waals surface area contributed by atoms with Gasteiger partial charge in [-0.25, -0.2) is 0 Å². The highest BCUT2D eigenvalue weighted by Crippen LogP contribution is 2.32. The Morgan fingerprint density at radius 2 is 1.84 bits per heavy atom. The van der Waals surface area contributed by atoms with Gasteiger partial charge in [0.05, 0.1) is 23.5 Å². The predicted octanol–water partition coefficient (Wildman–Crippen LogP) is 4.56. The first kappa shape index (κ1) is 21.4. The van der Waals surface area contributed by atoms with Gasteiger partial charge in [-0.3, -0.25) is 9.59 Å². The average Bonchev–Trinajstić information content (AvgIpc) is 2.82. The standard InChI is InChI=1S/C25H20ClN3O3/c26-20-11-10-19(15-27)22(14-20)29(16-18-6-2-1-3-7-18)24(30)12-13-28-21-8-4-5-9-23(21)32-17-25(28)31/h1-11,14H,12-13,16-17H2. The van der Waals surface area contributed by atoms with Crippen LogP contribution in [0.3, 0.4) is 0 Å². The fourth-order valence-corrected chi connectivity index (χ4v) is 3.80. The van der Waals surface area contributed by atoms with E-state index in [1.54, 1.807) is 40.1 Å². The van der Waals surface area contributed by atoms with Crippen LogP contribution in [-0.4, -0.2) is 25.0 Å². The second-order valence-corrected chi connectivity index (χ2v) is 7.73. The number of amides is 2. The Morgan fingerprint density at radius 1 is 1.09 bits per heavy atom. The minimum Gasteiger partial charge on any atom is -0.482 e. The van der Waals surface area contributed by atoms with Crippen molar-refractivity contribution in [1.29, 1.82) is 5.26 Å². The van der Waals surface area contributed by atoms with Gasteiger partial charge in [-0.1, -0.05) is 54.1 Å². The molecule has 0 fully saturated rings. The summed E-state index contributed by atoms with van der Waals surface area (Å²) in [5.74, 6) is 0.193. The third-order valence-corrected chi connectivity index (χ3v) is 5.45. The Kier molecular flexibility index (Phi) is 6.39. The van der Waals surface area contributed by atoms with Crippen molar-refractivity contribution in [3.8, 4) is 11.8 Å². The van der Waals surface area contributed by atoms with Crippen molar-refractivity contribution in [1.82, 2.24) is 0 Å². The Labute approximate surface area is 191 Å². The van der Waals surface area contributed by atoms with Gasteiger partial charge >= 0.3 is 0 Å². The predicted molar refractivity (Wildman–Crippen MR) is 123 cm³/mol. The van der Waals surface area contributed by atoms with Crippen LogP contribution >= 0.6 is 11.6 Å². The van der Waals surface area contributed by atoms with Crippen molar-refractivity contribution in [3.05, 3.63) is 88.9 Å². The van der Waals surface area contributed by atoms with E-state index < -0.39 is 0 Å². The Morgan fingerprint density at radius 3 is 2.62 bits per heavy atom. The lowest BCUT2D eigenvalue weighted by Crippen LogP contribution is -2.41. The quantitative estimate of drug-likeness (QED) is 0.557. The van der Waals surface area contributed by atoms with Crippen molar-refractivity contribution in [3.63, 3.8) is 0 Å². The van der Waals surface area contributed by atoms with Crippen molar-refractivity contribution in [2.45, 2.75) is 13.0 Å². The lowest BCUT2D eigenvalue weighted by Gasteiger charge is -2.30. The molecule has 0 saturated heterocycles. The molecule has 0 aromatic heterocycles. The molecular weight excluding hydrogens is 426 g/mol. The van der Waals surface area contributed by atoms with Crippen LogP contribution in [0.1, 0.15) is 17.5 Å². The summed E-state index contributed by atoms with van der Waals surface area (Å²) in [6.07, 6.45) is 0.0737. The molecule has 1 aliphatic heterocycles. The number of carbonyl (C=O) groups excluding carboxylic acids is 2. The maximum Gasteiger partial charge on any atom is 0.265 e. The molecule has 0 radical (unpaired) electrons. The molecule has 3 aromatic carbocycles. The minimum atomic E-state index is -0.218. The molecular formula is C25H20ClN3O3. The van der Waals surface area contributed by atoms with Gasteiger partial charge in [0.15, 0.2) is 6.61 Å². The lowest BCUT2D eigenvalue weighted by atomic mass is 10.1. The van der Waals surface area contributed by atoms with Crippen molar-refractivity contribution < 1.29 is 14.3 Å². The van der Waals surface area contributed by atoms with E-state index in [0.29, 0.717) is 27.7 Å². The van der Waals surface area contributed by atoms with E-state index >= 15 is 0 Å². The maximum absolute atomic E-state index is 13.4. The second-order valence-electron chi connectivity index (χ2n) is 7.29. The van der Waals surface area contributed by atoms with Gasteiger partial charge < -0.3 is 14.5 Å². The molecule has 0 spiro atoms. The molecule has 0 unspecified atom stereocenters. The summed E-state index contributed by atoms with van der Waals surface area (Å²) in [5.41, 5.74) is 2.36. The number of carbonyl (C=O) groups is 2. The van der Waals surface area contributed by atoms with Crippen molar-refractivity contribution >= 4 is 34.8 Å². The number of nitrogens with zero attached hydrogens (tertiary/aromatic N) is 3. The molecule has 0 saturated carbocycles. The van der Waals surface area contributed by atoms with E-state index in [4.69, 9.17) is 16.3 Å². The number of para-hydroxylation sites is 2. The van der Waals surface area contributed by atoms with E-state index in [0.717, 1.165) is 5.56 Å². The highest BCUT2D eigenvalue weighted by molar-refractivity contribution is 6.31. The molecule has 3 aromatic rings. The van der Waals surface area contributed by atoms with Crippen LogP contribution in [0.2, 0.25) is 5.02 Å². The lowest BCUT2D eigenvalue weighted by molar-refractivity contribution is -0.121. The maximum atomic E-state index is 13.4. The Bertz CT molecular complexity index is 1190. The van der Waals surface area contributed by atoms with Gasteiger partial charge in [0.2, 0.25) is 5.91 Å². The van der Waals surface area contributed by atoms with Crippen molar-refractivity contribution in [2.24, 2.45) is 0 Å². The van der Waals surface area contributed by atoms with Gasteiger partial charge in [0.25, 0.3) is 5.91 Å². The SMILES string of the molecule is N#Cc1ccc(Cl)cc1N(Cc1ccccc1)C(=O)CCN1C(=O)COc2ccccc21. The molecule has 0 aliphatic carbocycles. The number of hydrogen-bond acceptors (Lipinski definition) is 4. The normalized spacial score (nSPS) is 12.5. The summed E-state index contributed by atoms with van der Waals surface area (Å²) in [6, 6.07) is 23.7. The van der Waals surface area contributed by atoms with Crippen molar-refractivity contribution in [2.75, 3.05) is 23.0 Å². The zero-order valence-corrected chi connectivity index (χ0v) is 18.0. The van der Waals surface area contributed by atoms with E-state index in [-0.39, 0.29) is 37.9 Å². The smallest absolute Gasteiger partial charge is 0.265 e. The number of fused-ring (bicyclic) bond motifs is 1. The molecule has 0 bridgehead atoms. The molecule has 0 N–H and O–H groups in total. The summed E-state index contributed by atoms with van der Waals surface area (Å²) in [7, 11) is 0. The number of ether oxygens (including phenoxy) is 1. The fourth-order valence-electron chi connectivity index (χ4n) is 3.64.